The first-order valence-corrected chi connectivity index (χ1v) is 8.99. The quantitative estimate of drug-likeness (QED) is 0.727. The molecular formula is C18H22I+. The number of hydrogen-bond acceptors (Lipinski definition) is 0. The second-order valence-electron chi connectivity index (χ2n) is 5.83. The maximum Gasteiger partial charge on any atom is 0.357 e. The van der Waals surface area contributed by atoms with E-state index in [1.807, 2.05) is 0 Å². The third-order valence-corrected chi connectivity index (χ3v) is 5.93. The second-order valence-corrected chi connectivity index (χ2v) is 8.86. The van der Waals surface area contributed by atoms with Crippen molar-refractivity contribution in [2.45, 2.75) is 39.5 Å². The maximum absolute atomic E-state index is 2.31. The van der Waals surface area contributed by atoms with Crippen molar-refractivity contribution < 1.29 is 21.2 Å². The Kier molecular flexibility index (Phi) is 4.67. The molecule has 0 saturated heterocycles. The summed E-state index contributed by atoms with van der Waals surface area (Å²) in [5, 5.41) is 0. The summed E-state index contributed by atoms with van der Waals surface area (Å²) in [6.45, 7) is 9.00. The molecule has 0 heterocycles. The molecule has 0 N–H and O–H groups in total. The van der Waals surface area contributed by atoms with E-state index in [0.717, 1.165) is 6.42 Å². The summed E-state index contributed by atoms with van der Waals surface area (Å²) in [5.74, 6) is 0. The zero-order valence-electron chi connectivity index (χ0n) is 12.2. The Morgan fingerprint density at radius 3 is 1.68 bits per heavy atom. The molecule has 2 rings (SSSR count). The maximum atomic E-state index is 2.31. The summed E-state index contributed by atoms with van der Waals surface area (Å²) in [5.41, 5.74) is 3.09. The van der Waals surface area contributed by atoms with Crippen molar-refractivity contribution in [1.29, 1.82) is 0 Å². The summed E-state index contributed by atoms with van der Waals surface area (Å²) >= 11 is -0.0389. The van der Waals surface area contributed by atoms with Crippen LogP contribution in [0.5, 0.6) is 0 Å². The van der Waals surface area contributed by atoms with Crippen molar-refractivity contribution in [2.75, 3.05) is 0 Å². The van der Waals surface area contributed by atoms with E-state index in [0.29, 0.717) is 0 Å². The lowest BCUT2D eigenvalue weighted by molar-refractivity contribution is -0.597. The zero-order chi connectivity index (χ0) is 13.9. The van der Waals surface area contributed by atoms with E-state index >= 15 is 0 Å². The molecule has 0 aliphatic carbocycles. The van der Waals surface area contributed by atoms with Gasteiger partial charge in [-0.05, 0) is 47.2 Å². The standard InChI is InChI=1S/C18H22I/c1-5-14-6-10-16(11-7-14)19-17-12-8-15(9-13-17)18(2,3)4/h6-13H,5H2,1-4H3/q+1. The van der Waals surface area contributed by atoms with Gasteiger partial charge in [0, 0.05) is 0 Å². The van der Waals surface area contributed by atoms with E-state index in [2.05, 4.69) is 76.2 Å². The first kappa shape index (κ1) is 14.6. The van der Waals surface area contributed by atoms with Crippen LogP contribution in [0.3, 0.4) is 0 Å². The van der Waals surface area contributed by atoms with Crippen LogP contribution in [-0.4, -0.2) is 0 Å². The van der Waals surface area contributed by atoms with Gasteiger partial charge in [0.25, 0.3) is 0 Å². The monoisotopic (exact) mass is 365 g/mol. The minimum Gasteiger partial charge on any atom is -0.0613 e. The van der Waals surface area contributed by atoms with Gasteiger partial charge in [0.2, 0.25) is 0 Å². The Morgan fingerprint density at radius 1 is 0.789 bits per heavy atom. The largest absolute Gasteiger partial charge is 0.357 e. The van der Waals surface area contributed by atoms with Gasteiger partial charge in [0.1, 0.15) is 0 Å². The molecule has 19 heavy (non-hydrogen) atoms. The normalized spacial score (nSPS) is 11.6. The van der Waals surface area contributed by atoms with Crippen LogP contribution < -0.4 is 21.2 Å². The van der Waals surface area contributed by atoms with Crippen molar-refractivity contribution in [1.82, 2.24) is 0 Å². The molecule has 0 spiro atoms. The Hall–Kier alpha value is -0.830. The molecule has 2 aromatic carbocycles. The second kappa shape index (κ2) is 6.08. The average Bonchev–Trinajstić information content (AvgIpc) is 2.39. The summed E-state index contributed by atoms with van der Waals surface area (Å²) < 4.78 is 3.00. The van der Waals surface area contributed by atoms with Crippen LogP contribution in [0, 0.1) is 7.14 Å². The topological polar surface area (TPSA) is 0 Å². The molecule has 0 fully saturated rings. The third kappa shape index (κ3) is 4.07. The number of benzene rings is 2. The molecule has 0 atom stereocenters. The number of aryl methyl sites for hydroxylation is 1. The van der Waals surface area contributed by atoms with E-state index in [1.54, 1.807) is 0 Å². The van der Waals surface area contributed by atoms with Gasteiger partial charge in [0.15, 0.2) is 7.14 Å². The van der Waals surface area contributed by atoms with E-state index in [9.17, 15) is 0 Å². The van der Waals surface area contributed by atoms with Crippen molar-refractivity contribution in [2.24, 2.45) is 0 Å². The van der Waals surface area contributed by atoms with Crippen LogP contribution in [0.4, 0.5) is 0 Å². The van der Waals surface area contributed by atoms with Gasteiger partial charge in [-0.3, -0.25) is 0 Å². The van der Waals surface area contributed by atoms with Crippen LogP contribution in [0.15, 0.2) is 48.5 Å². The molecule has 0 saturated carbocycles. The minimum absolute atomic E-state index is 0.0389. The lowest BCUT2D eigenvalue weighted by Gasteiger charge is -2.18. The molecule has 100 valence electrons. The van der Waals surface area contributed by atoms with E-state index < -0.39 is 0 Å². The molecule has 1 heteroatoms. The highest BCUT2D eigenvalue weighted by atomic mass is 127. The highest BCUT2D eigenvalue weighted by Gasteiger charge is 2.18. The predicted octanol–water partition coefficient (Wildman–Crippen LogP) is 1.67. The fourth-order valence-corrected chi connectivity index (χ4v) is 4.08. The first-order chi connectivity index (χ1) is 8.99. The third-order valence-electron chi connectivity index (χ3n) is 3.25. The van der Waals surface area contributed by atoms with Crippen LogP contribution in [0.2, 0.25) is 0 Å². The van der Waals surface area contributed by atoms with Crippen molar-refractivity contribution >= 4 is 0 Å². The van der Waals surface area contributed by atoms with Crippen LogP contribution in [0.25, 0.3) is 0 Å². The molecule has 0 unspecified atom stereocenters. The highest BCUT2D eigenvalue weighted by molar-refractivity contribution is 5.22. The van der Waals surface area contributed by atoms with Crippen molar-refractivity contribution in [3.8, 4) is 0 Å². The Bertz CT molecular complexity index is 515. The first-order valence-electron chi connectivity index (χ1n) is 6.83. The van der Waals surface area contributed by atoms with Crippen LogP contribution in [0.1, 0.15) is 38.8 Å². The van der Waals surface area contributed by atoms with Gasteiger partial charge in [0.05, 0.1) is 0 Å². The van der Waals surface area contributed by atoms with Gasteiger partial charge in [-0.15, -0.1) is 0 Å². The number of hydrogen-bond donors (Lipinski definition) is 0. The predicted molar refractivity (Wildman–Crippen MR) is 78.4 cm³/mol. The summed E-state index contributed by atoms with van der Waals surface area (Å²) in [7, 11) is 0. The lowest BCUT2D eigenvalue weighted by Crippen LogP contribution is -3.61. The van der Waals surface area contributed by atoms with Crippen LogP contribution in [-0.2, 0) is 11.8 Å². The fraction of sp³-hybridized carbons (Fsp3) is 0.333. The van der Waals surface area contributed by atoms with Crippen molar-refractivity contribution in [3.05, 3.63) is 66.8 Å². The Balaban J connectivity index is 2.10. The fourth-order valence-electron chi connectivity index (χ4n) is 1.92. The summed E-state index contributed by atoms with van der Waals surface area (Å²) in [6.07, 6.45) is 1.12. The molecule has 0 amide bonds. The molecule has 0 aromatic heterocycles. The smallest absolute Gasteiger partial charge is 0.0613 e. The van der Waals surface area contributed by atoms with E-state index in [4.69, 9.17) is 0 Å². The van der Waals surface area contributed by atoms with Gasteiger partial charge < -0.3 is 0 Å². The van der Waals surface area contributed by atoms with Gasteiger partial charge in [-0.1, -0.05) is 52.0 Å². The highest BCUT2D eigenvalue weighted by Crippen LogP contribution is 2.20. The van der Waals surface area contributed by atoms with Crippen LogP contribution >= 0.6 is 0 Å². The van der Waals surface area contributed by atoms with E-state index in [1.165, 1.54) is 18.3 Å². The number of halogens is 1. The molecule has 0 bridgehead atoms. The molecule has 0 nitrogen and oxygen atoms in total. The SMILES string of the molecule is CCc1ccc([I+]c2ccc(C(C)(C)C)cc2)cc1. The molecule has 0 aliphatic heterocycles. The summed E-state index contributed by atoms with van der Waals surface area (Å²) in [4.78, 5) is 0. The van der Waals surface area contributed by atoms with E-state index in [-0.39, 0.29) is 26.6 Å². The number of rotatable bonds is 3. The average molecular weight is 365 g/mol. The summed E-state index contributed by atoms with van der Waals surface area (Å²) in [6, 6.07) is 18.3. The Morgan fingerprint density at radius 2 is 1.26 bits per heavy atom. The van der Waals surface area contributed by atoms with Crippen molar-refractivity contribution in [3.63, 3.8) is 0 Å². The van der Waals surface area contributed by atoms with Gasteiger partial charge >= 0.3 is 21.2 Å². The van der Waals surface area contributed by atoms with Gasteiger partial charge in [-0.2, -0.15) is 0 Å². The Labute approximate surface area is 127 Å². The lowest BCUT2D eigenvalue weighted by atomic mass is 9.87. The minimum atomic E-state index is -0.0389. The molecule has 2 aromatic rings. The zero-order valence-corrected chi connectivity index (χ0v) is 14.4. The molecule has 0 radical (unpaired) electrons. The molecule has 0 aliphatic rings. The van der Waals surface area contributed by atoms with Gasteiger partial charge in [-0.25, -0.2) is 0 Å². The molecular weight excluding hydrogens is 343 g/mol.